The van der Waals surface area contributed by atoms with E-state index >= 15 is 0 Å². The Labute approximate surface area is 112 Å². The van der Waals surface area contributed by atoms with Crippen molar-refractivity contribution in [1.29, 1.82) is 0 Å². The topological polar surface area (TPSA) is 35.5 Å². The highest BCUT2D eigenvalue weighted by Gasteiger charge is 2.06. The van der Waals surface area contributed by atoms with Gasteiger partial charge in [0, 0.05) is 7.11 Å². The minimum atomic E-state index is -0.323. The van der Waals surface area contributed by atoms with Crippen LogP contribution in [0.15, 0.2) is 54.6 Å². The van der Waals surface area contributed by atoms with Gasteiger partial charge in [0.15, 0.2) is 0 Å². The molecule has 2 rings (SSSR count). The first-order valence-corrected chi connectivity index (χ1v) is 6.13. The molecule has 0 spiro atoms. The Kier molecular flexibility index (Phi) is 4.70. The lowest BCUT2D eigenvalue weighted by Gasteiger charge is -2.05. The first-order chi connectivity index (χ1) is 9.31. The summed E-state index contributed by atoms with van der Waals surface area (Å²) in [4.78, 5) is 11.7. The highest BCUT2D eigenvalue weighted by molar-refractivity contribution is 5.90. The largest absolute Gasteiger partial charge is 0.460 e. The molecule has 0 aliphatic carbocycles. The number of rotatable bonds is 5. The van der Waals surface area contributed by atoms with E-state index in [1.807, 2.05) is 42.5 Å². The summed E-state index contributed by atoms with van der Waals surface area (Å²) in [5, 5.41) is 0. The average Bonchev–Trinajstić information content (AvgIpc) is 2.48. The molecular weight excluding hydrogens is 240 g/mol. The quantitative estimate of drug-likeness (QED) is 0.609. The molecule has 0 bridgehead atoms. The second kappa shape index (κ2) is 6.71. The molecule has 0 saturated heterocycles. The fourth-order valence-electron chi connectivity index (χ4n) is 1.73. The number of ether oxygens (including phenoxy) is 2. The zero-order chi connectivity index (χ0) is 13.5. The van der Waals surface area contributed by atoms with Gasteiger partial charge in [0.2, 0.25) is 0 Å². The predicted octanol–water partition coefficient (Wildman–Crippen LogP) is 3.16. The maximum Gasteiger partial charge on any atom is 0.338 e. The van der Waals surface area contributed by atoms with Crippen LogP contribution in [0.2, 0.25) is 0 Å². The molecule has 0 heterocycles. The molecule has 0 amide bonds. The SMILES string of the molecule is COCCOC(=O)c1ccc(-c2ccccc2)cc1. The summed E-state index contributed by atoms with van der Waals surface area (Å²) in [5.74, 6) is -0.323. The predicted molar refractivity (Wildman–Crippen MR) is 74.0 cm³/mol. The smallest absolute Gasteiger partial charge is 0.338 e. The van der Waals surface area contributed by atoms with E-state index < -0.39 is 0 Å². The summed E-state index contributed by atoms with van der Waals surface area (Å²) in [7, 11) is 1.57. The lowest BCUT2D eigenvalue weighted by Crippen LogP contribution is -2.09. The number of methoxy groups -OCH3 is 1. The molecule has 0 unspecified atom stereocenters. The molecule has 0 saturated carbocycles. The van der Waals surface area contributed by atoms with Crippen LogP contribution in [-0.4, -0.2) is 26.3 Å². The van der Waals surface area contributed by atoms with E-state index in [0.29, 0.717) is 12.2 Å². The minimum Gasteiger partial charge on any atom is -0.460 e. The molecule has 0 aromatic heterocycles. The minimum absolute atomic E-state index is 0.274. The van der Waals surface area contributed by atoms with Crippen molar-refractivity contribution in [2.24, 2.45) is 0 Å². The molecule has 0 radical (unpaired) electrons. The van der Waals surface area contributed by atoms with Gasteiger partial charge in [-0.05, 0) is 23.3 Å². The summed E-state index contributed by atoms with van der Waals surface area (Å²) in [6.45, 7) is 0.684. The molecule has 3 nitrogen and oxygen atoms in total. The van der Waals surface area contributed by atoms with Gasteiger partial charge in [0.05, 0.1) is 12.2 Å². The van der Waals surface area contributed by atoms with Gasteiger partial charge >= 0.3 is 5.97 Å². The number of benzene rings is 2. The average molecular weight is 256 g/mol. The van der Waals surface area contributed by atoms with Crippen LogP contribution >= 0.6 is 0 Å². The number of hydrogen-bond acceptors (Lipinski definition) is 3. The molecule has 3 heteroatoms. The summed E-state index contributed by atoms with van der Waals surface area (Å²) >= 11 is 0. The van der Waals surface area contributed by atoms with Crippen molar-refractivity contribution in [2.75, 3.05) is 20.3 Å². The van der Waals surface area contributed by atoms with Crippen LogP contribution in [0.25, 0.3) is 11.1 Å². The van der Waals surface area contributed by atoms with Crippen molar-refractivity contribution >= 4 is 5.97 Å². The molecule has 2 aromatic carbocycles. The lowest BCUT2D eigenvalue weighted by molar-refractivity contribution is 0.0388. The van der Waals surface area contributed by atoms with Crippen LogP contribution in [0, 0.1) is 0 Å². The van der Waals surface area contributed by atoms with Crippen molar-refractivity contribution in [2.45, 2.75) is 0 Å². The molecule has 0 fully saturated rings. The van der Waals surface area contributed by atoms with Crippen molar-refractivity contribution in [3.05, 3.63) is 60.2 Å². The maximum atomic E-state index is 11.7. The Morgan fingerprint density at radius 2 is 1.53 bits per heavy atom. The standard InChI is InChI=1S/C16H16O3/c1-18-11-12-19-16(17)15-9-7-14(8-10-15)13-5-3-2-4-6-13/h2-10H,11-12H2,1H3. The van der Waals surface area contributed by atoms with E-state index in [2.05, 4.69) is 0 Å². The van der Waals surface area contributed by atoms with E-state index in [4.69, 9.17) is 9.47 Å². The van der Waals surface area contributed by atoms with Crippen LogP contribution < -0.4 is 0 Å². The van der Waals surface area contributed by atoms with Gasteiger partial charge in [-0.15, -0.1) is 0 Å². The van der Waals surface area contributed by atoms with E-state index in [1.165, 1.54) is 0 Å². The van der Waals surface area contributed by atoms with E-state index in [1.54, 1.807) is 19.2 Å². The van der Waals surface area contributed by atoms with Crippen molar-refractivity contribution < 1.29 is 14.3 Å². The summed E-state index contributed by atoms with van der Waals surface area (Å²) in [5.41, 5.74) is 2.76. The molecule has 98 valence electrons. The molecule has 19 heavy (non-hydrogen) atoms. The number of carbonyl (C=O) groups excluding carboxylic acids is 1. The Balaban J connectivity index is 2.04. The maximum absolute atomic E-state index is 11.7. The van der Waals surface area contributed by atoms with Crippen molar-refractivity contribution in [3.63, 3.8) is 0 Å². The molecule has 2 aromatic rings. The number of hydrogen-bond donors (Lipinski definition) is 0. The third-order valence-corrected chi connectivity index (χ3v) is 2.75. The van der Waals surface area contributed by atoms with Gasteiger partial charge in [-0.3, -0.25) is 0 Å². The van der Waals surface area contributed by atoms with Gasteiger partial charge in [-0.2, -0.15) is 0 Å². The second-order valence-electron chi connectivity index (χ2n) is 4.07. The number of esters is 1. The molecule has 0 aliphatic rings. The van der Waals surface area contributed by atoms with Crippen LogP contribution in [0.1, 0.15) is 10.4 Å². The highest BCUT2D eigenvalue weighted by Crippen LogP contribution is 2.19. The van der Waals surface area contributed by atoms with Gasteiger partial charge in [0.25, 0.3) is 0 Å². The third-order valence-electron chi connectivity index (χ3n) is 2.75. The second-order valence-corrected chi connectivity index (χ2v) is 4.07. The Bertz CT molecular complexity index is 517. The zero-order valence-electron chi connectivity index (χ0n) is 10.8. The fraction of sp³-hybridized carbons (Fsp3) is 0.188. The van der Waals surface area contributed by atoms with Crippen molar-refractivity contribution in [3.8, 4) is 11.1 Å². The highest BCUT2D eigenvalue weighted by atomic mass is 16.6. The first-order valence-electron chi connectivity index (χ1n) is 6.13. The lowest BCUT2D eigenvalue weighted by atomic mass is 10.0. The van der Waals surface area contributed by atoms with E-state index in [9.17, 15) is 4.79 Å². The Hall–Kier alpha value is -2.13. The molecule has 0 atom stereocenters. The van der Waals surface area contributed by atoms with Crippen LogP contribution in [0.4, 0.5) is 0 Å². The monoisotopic (exact) mass is 256 g/mol. The summed E-state index contributed by atoms with van der Waals surface area (Å²) in [6.07, 6.45) is 0. The summed E-state index contributed by atoms with van der Waals surface area (Å²) in [6, 6.07) is 17.4. The van der Waals surface area contributed by atoms with Gasteiger partial charge < -0.3 is 9.47 Å². The van der Waals surface area contributed by atoms with Crippen LogP contribution in [0.5, 0.6) is 0 Å². The van der Waals surface area contributed by atoms with Gasteiger partial charge in [-0.1, -0.05) is 42.5 Å². The molecule has 0 aliphatic heterocycles. The Morgan fingerprint density at radius 1 is 0.895 bits per heavy atom. The number of carbonyl (C=O) groups is 1. The fourth-order valence-corrected chi connectivity index (χ4v) is 1.73. The van der Waals surface area contributed by atoms with Crippen LogP contribution in [-0.2, 0) is 9.47 Å². The zero-order valence-corrected chi connectivity index (χ0v) is 10.8. The van der Waals surface area contributed by atoms with Crippen molar-refractivity contribution in [1.82, 2.24) is 0 Å². The van der Waals surface area contributed by atoms with Gasteiger partial charge in [0.1, 0.15) is 6.61 Å². The molecular formula is C16H16O3. The summed E-state index contributed by atoms with van der Waals surface area (Å²) < 4.78 is 9.88. The normalized spacial score (nSPS) is 10.2. The van der Waals surface area contributed by atoms with E-state index in [0.717, 1.165) is 11.1 Å². The first kappa shape index (κ1) is 13.3. The Morgan fingerprint density at radius 3 is 2.16 bits per heavy atom. The van der Waals surface area contributed by atoms with E-state index in [-0.39, 0.29) is 12.6 Å². The third kappa shape index (κ3) is 3.66. The van der Waals surface area contributed by atoms with Gasteiger partial charge in [-0.25, -0.2) is 4.79 Å². The molecule has 0 N–H and O–H groups in total. The van der Waals surface area contributed by atoms with Crippen LogP contribution in [0.3, 0.4) is 0 Å².